The van der Waals surface area contributed by atoms with Crippen molar-refractivity contribution >= 4 is 5.97 Å². The van der Waals surface area contributed by atoms with E-state index in [0.717, 1.165) is 52.1 Å². The molecule has 2 rings (SSSR count). The van der Waals surface area contributed by atoms with Crippen LogP contribution in [0.4, 0.5) is 0 Å². The van der Waals surface area contributed by atoms with E-state index in [1.807, 2.05) is 0 Å². The van der Waals surface area contributed by atoms with Crippen molar-refractivity contribution in [1.29, 1.82) is 0 Å². The van der Waals surface area contributed by atoms with E-state index in [2.05, 4.69) is 0 Å². The highest BCUT2D eigenvalue weighted by molar-refractivity contribution is 5.66. The fraction of sp³-hybridized carbons (Fsp3) is 0.917. The monoisotopic (exact) mass is 228 g/mol. The molecule has 0 radical (unpaired) electrons. The van der Waals surface area contributed by atoms with Crippen molar-refractivity contribution in [3.05, 3.63) is 0 Å². The van der Waals surface area contributed by atoms with Gasteiger partial charge in [0.2, 0.25) is 0 Å². The van der Waals surface area contributed by atoms with Gasteiger partial charge in [-0.3, -0.25) is 4.79 Å². The van der Waals surface area contributed by atoms with Crippen LogP contribution in [0, 0.1) is 11.3 Å². The number of aliphatic carboxylic acids is 1. The Balaban J connectivity index is 1.83. The second-order valence-electron chi connectivity index (χ2n) is 4.99. The summed E-state index contributed by atoms with van der Waals surface area (Å²) in [6.07, 6.45) is 4.26. The first-order valence-corrected chi connectivity index (χ1v) is 6.10. The van der Waals surface area contributed by atoms with Crippen molar-refractivity contribution in [2.24, 2.45) is 11.3 Å². The van der Waals surface area contributed by atoms with E-state index in [0.29, 0.717) is 5.92 Å². The third-order valence-electron chi connectivity index (χ3n) is 3.93. The first kappa shape index (κ1) is 11.9. The quantitative estimate of drug-likeness (QED) is 0.778. The molecule has 0 unspecified atom stereocenters. The molecule has 4 heteroatoms. The van der Waals surface area contributed by atoms with Gasteiger partial charge in [-0.1, -0.05) is 0 Å². The van der Waals surface area contributed by atoms with Crippen LogP contribution in [0.25, 0.3) is 0 Å². The zero-order valence-corrected chi connectivity index (χ0v) is 9.61. The molecule has 0 aliphatic carbocycles. The van der Waals surface area contributed by atoms with Crippen LogP contribution in [-0.2, 0) is 14.3 Å². The van der Waals surface area contributed by atoms with E-state index in [1.54, 1.807) is 0 Å². The van der Waals surface area contributed by atoms with Gasteiger partial charge in [0.05, 0.1) is 13.2 Å². The molecule has 0 bridgehead atoms. The number of rotatable bonds is 5. The van der Waals surface area contributed by atoms with Crippen LogP contribution in [0.1, 0.15) is 32.1 Å². The van der Waals surface area contributed by atoms with Crippen LogP contribution in [0.15, 0.2) is 0 Å². The highest BCUT2D eigenvalue weighted by atomic mass is 16.5. The Labute approximate surface area is 95.9 Å². The summed E-state index contributed by atoms with van der Waals surface area (Å²) in [5.74, 6) is -0.0221. The van der Waals surface area contributed by atoms with Gasteiger partial charge in [-0.05, 0) is 31.6 Å². The molecule has 2 aliphatic rings. The molecule has 0 amide bonds. The summed E-state index contributed by atoms with van der Waals surface area (Å²) in [5.41, 5.74) is 0.263. The van der Waals surface area contributed by atoms with Crippen LogP contribution >= 0.6 is 0 Å². The molecule has 2 heterocycles. The summed E-state index contributed by atoms with van der Waals surface area (Å²) in [7, 11) is 0. The molecule has 2 aliphatic heterocycles. The minimum Gasteiger partial charge on any atom is -0.481 e. The molecule has 0 aromatic carbocycles. The summed E-state index contributed by atoms with van der Waals surface area (Å²) in [6, 6.07) is 0. The number of hydrogen-bond donors (Lipinski definition) is 1. The molecule has 0 atom stereocenters. The first-order chi connectivity index (χ1) is 7.73. The highest BCUT2D eigenvalue weighted by Gasteiger charge is 2.45. The molecule has 0 saturated carbocycles. The lowest BCUT2D eigenvalue weighted by molar-refractivity contribution is -0.168. The fourth-order valence-corrected chi connectivity index (χ4v) is 2.85. The molecule has 92 valence electrons. The molecular formula is C12H20O4. The van der Waals surface area contributed by atoms with Crippen LogP contribution in [0.5, 0.6) is 0 Å². The third-order valence-corrected chi connectivity index (χ3v) is 3.93. The Kier molecular flexibility index (Phi) is 3.82. The van der Waals surface area contributed by atoms with Crippen molar-refractivity contribution in [3.63, 3.8) is 0 Å². The molecular weight excluding hydrogens is 208 g/mol. The summed E-state index contributed by atoms with van der Waals surface area (Å²) >= 11 is 0. The molecule has 1 N–H and O–H groups in total. The third kappa shape index (κ3) is 2.55. The van der Waals surface area contributed by atoms with Crippen LogP contribution in [-0.4, -0.2) is 37.5 Å². The Morgan fingerprint density at radius 2 is 1.94 bits per heavy atom. The zero-order chi connectivity index (χ0) is 11.4. The lowest BCUT2D eigenvalue weighted by atomic mass is 9.67. The van der Waals surface area contributed by atoms with Crippen molar-refractivity contribution < 1.29 is 19.4 Å². The molecule has 2 fully saturated rings. The molecule has 4 nitrogen and oxygen atoms in total. The number of hydrogen-bond acceptors (Lipinski definition) is 3. The molecule has 0 aromatic heterocycles. The fourth-order valence-electron chi connectivity index (χ4n) is 2.85. The summed E-state index contributed by atoms with van der Waals surface area (Å²) in [5, 5.41) is 8.66. The summed E-state index contributed by atoms with van der Waals surface area (Å²) in [6.45, 7) is 3.34. The van der Waals surface area contributed by atoms with Gasteiger partial charge in [-0.15, -0.1) is 0 Å². The van der Waals surface area contributed by atoms with Gasteiger partial charge >= 0.3 is 5.97 Å². The minimum absolute atomic E-state index is 0.263. The van der Waals surface area contributed by atoms with Gasteiger partial charge in [-0.2, -0.15) is 0 Å². The smallest absolute Gasteiger partial charge is 0.303 e. The Morgan fingerprint density at radius 3 is 2.44 bits per heavy atom. The number of carboxylic acid groups (broad SMARTS) is 1. The van der Waals surface area contributed by atoms with E-state index in [4.69, 9.17) is 14.6 Å². The SMILES string of the molecule is O=C(O)CCCC1(C2CCOCC2)COC1. The topological polar surface area (TPSA) is 55.8 Å². The average molecular weight is 228 g/mol. The van der Waals surface area contributed by atoms with Crippen LogP contribution < -0.4 is 0 Å². The van der Waals surface area contributed by atoms with Gasteiger partial charge in [-0.25, -0.2) is 0 Å². The second kappa shape index (κ2) is 5.15. The normalized spacial score (nSPS) is 25.0. The predicted octanol–water partition coefficient (Wildman–Crippen LogP) is 1.68. The maximum absolute atomic E-state index is 10.5. The first-order valence-electron chi connectivity index (χ1n) is 6.10. The van der Waals surface area contributed by atoms with E-state index in [-0.39, 0.29) is 11.8 Å². The van der Waals surface area contributed by atoms with Gasteiger partial charge in [0.15, 0.2) is 0 Å². The van der Waals surface area contributed by atoms with E-state index < -0.39 is 5.97 Å². The lowest BCUT2D eigenvalue weighted by Gasteiger charge is -2.48. The maximum atomic E-state index is 10.5. The van der Waals surface area contributed by atoms with Crippen LogP contribution in [0.3, 0.4) is 0 Å². The van der Waals surface area contributed by atoms with Crippen LogP contribution in [0.2, 0.25) is 0 Å². The molecule has 2 saturated heterocycles. The van der Waals surface area contributed by atoms with Crippen molar-refractivity contribution in [1.82, 2.24) is 0 Å². The molecule has 16 heavy (non-hydrogen) atoms. The van der Waals surface area contributed by atoms with E-state index in [1.165, 1.54) is 0 Å². The van der Waals surface area contributed by atoms with Gasteiger partial charge in [0, 0.05) is 25.0 Å². The van der Waals surface area contributed by atoms with Crippen molar-refractivity contribution in [2.75, 3.05) is 26.4 Å². The number of ether oxygens (including phenoxy) is 2. The van der Waals surface area contributed by atoms with Crippen molar-refractivity contribution in [3.8, 4) is 0 Å². The number of carbonyl (C=O) groups is 1. The minimum atomic E-state index is -0.692. The van der Waals surface area contributed by atoms with E-state index in [9.17, 15) is 4.79 Å². The summed E-state index contributed by atoms with van der Waals surface area (Å²) in [4.78, 5) is 10.5. The largest absolute Gasteiger partial charge is 0.481 e. The summed E-state index contributed by atoms with van der Waals surface area (Å²) < 4.78 is 10.7. The Hall–Kier alpha value is -0.610. The van der Waals surface area contributed by atoms with Crippen molar-refractivity contribution in [2.45, 2.75) is 32.1 Å². The Morgan fingerprint density at radius 1 is 1.25 bits per heavy atom. The zero-order valence-electron chi connectivity index (χ0n) is 9.61. The maximum Gasteiger partial charge on any atom is 0.303 e. The highest BCUT2D eigenvalue weighted by Crippen LogP contribution is 2.45. The second-order valence-corrected chi connectivity index (χ2v) is 4.99. The molecule has 0 aromatic rings. The average Bonchev–Trinajstić information content (AvgIpc) is 2.23. The standard InChI is InChI=1S/C12H20O4/c13-11(14)2-1-5-12(8-16-9-12)10-3-6-15-7-4-10/h10H,1-9H2,(H,13,14). The number of carboxylic acids is 1. The molecule has 0 spiro atoms. The van der Waals surface area contributed by atoms with E-state index >= 15 is 0 Å². The van der Waals surface area contributed by atoms with Gasteiger partial charge in [0.25, 0.3) is 0 Å². The lowest BCUT2D eigenvalue weighted by Crippen LogP contribution is -2.50. The van der Waals surface area contributed by atoms with Gasteiger partial charge in [0.1, 0.15) is 0 Å². The predicted molar refractivity (Wildman–Crippen MR) is 58.3 cm³/mol. The Bertz CT molecular complexity index is 241. The van der Waals surface area contributed by atoms with Gasteiger partial charge < -0.3 is 14.6 Å².